The maximum Gasteiger partial charge on any atom is 0.253 e. The van der Waals surface area contributed by atoms with E-state index in [2.05, 4.69) is 15.6 Å². The van der Waals surface area contributed by atoms with Crippen LogP contribution >= 0.6 is 0 Å². The monoisotopic (exact) mass is 386 g/mol. The molecule has 7 heteroatoms. The summed E-state index contributed by atoms with van der Waals surface area (Å²) in [6, 6.07) is 11.6. The Labute approximate surface area is 166 Å². The number of amides is 1. The topological polar surface area (TPSA) is 79.1 Å². The van der Waals surface area contributed by atoms with Crippen molar-refractivity contribution in [3.63, 3.8) is 0 Å². The Morgan fingerprint density at radius 1 is 1.14 bits per heavy atom. The van der Waals surface area contributed by atoms with Gasteiger partial charge in [0.1, 0.15) is 5.76 Å². The van der Waals surface area contributed by atoms with Gasteiger partial charge >= 0.3 is 0 Å². The number of carbonyl (C=O) groups is 1. The molecule has 0 spiro atoms. The number of aliphatic imine (C=N–C) groups is 1. The molecule has 28 heavy (non-hydrogen) atoms. The summed E-state index contributed by atoms with van der Waals surface area (Å²) in [5.74, 6) is 1.69. The van der Waals surface area contributed by atoms with Crippen LogP contribution in [0.15, 0.2) is 52.1 Å². The predicted octanol–water partition coefficient (Wildman–Crippen LogP) is 1.95. The zero-order chi connectivity index (χ0) is 20.2. The van der Waals surface area contributed by atoms with Crippen molar-refractivity contribution in [1.29, 1.82) is 0 Å². The Bertz CT molecular complexity index is 742. The second kappa shape index (κ2) is 11.8. The van der Waals surface area contributed by atoms with Gasteiger partial charge in [0.15, 0.2) is 5.96 Å². The highest BCUT2D eigenvalue weighted by Gasteiger charge is 2.08. The molecule has 0 aliphatic rings. The molecule has 0 bridgehead atoms. The third kappa shape index (κ3) is 7.44. The number of hydrogen-bond acceptors (Lipinski definition) is 4. The zero-order valence-corrected chi connectivity index (χ0v) is 16.9. The normalized spacial score (nSPS) is 11.3. The first-order valence-corrected chi connectivity index (χ1v) is 9.44. The van der Waals surface area contributed by atoms with Crippen LogP contribution in [0.5, 0.6) is 0 Å². The van der Waals surface area contributed by atoms with E-state index in [0.717, 1.165) is 36.7 Å². The summed E-state index contributed by atoms with van der Waals surface area (Å²) in [4.78, 5) is 18.2. The van der Waals surface area contributed by atoms with Crippen molar-refractivity contribution < 1.29 is 13.9 Å². The molecule has 2 rings (SSSR count). The van der Waals surface area contributed by atoms with Gasteiger partial charge in [0.05, 0.1) is 19.4 Å². The minimum atomic E-state index is 0.0104. The quantitative estimate of drug-likeness (QED) is 0.371. The van der Waals surface area contributed by atoms with Crippen molar-refractivity contribution in [3.05, 3.63) is 59.5 Å². The molecule has 0 fully saturated rings. The Morgan fingerprint density at radius 3 is 2.61 bits per heavy atom. The van der Waals surface area contributed by atoms with Crippen LogP contribution in [0.3, 0.4) is 0 Å². The second-order valence-corrected chi connectivity index (χ2v) is 6.56. The molecular formula is C21H30N4O3. The van der Waals surface area contributed by atoms with Crippen LogP contribution in [0.4, 0.5) is 0 Å². The molecule has 0 atom stereocenters. The molecule has 2 aromatic rings. The fraction of sp³-hybridized carbons (Fsp3) is 0.429. The third-order valence-corrected chi connectivity index (χ3v) is 4.10. The highest BCUT2D eigenvalue weighted by Crippen LogP contribution is 2.07. The zero-order valence-electron chi connectivity index (χ0n) is 16.9. The van der Waals surface area contributed by atoms with Crippen LogP contribution in [0, 0.1) is 0 Å². The van der Waals surface area contributed by atoms with Gasteiger partial charge in [0.2, 0.25) is 0 Å². The third-order valence-electron chi connectivity index (χ3n) is 4.10. The van der Waals surface area contributed by atoms with E-state index in [1.54, 1.807) is 32.4 Å². The summed E-state index contributed by atoms with van der Waals surface area (Å²) in [6.07, 6.45) is 3.25. The molecule has 2 N–H and O–H groups in total. The molecule has 1 amide bonds. The number of carbonyl (C=O) groups excluding carboxylic acids is 1. The lowest BCUT2D eigenvalue weighted by atomic mass is 10.1. The van der Waals surface area contributed by atoms with Gasteiger partial charge in [0.25, 0.3) is 5.91 Å². The number of methoxy groups -OCH3 is 1. The summed E-state index contributed by atoms with van der Waals surface area (Å²) in [7, 11) is 5.18. The van der Waals surface area contributed by atoms with Crippen molar-refractivity contribution >= 4 is 11.9 Å². The number of ether oxygens (including phenoxy) is 1. The predicted molar refractivity (Wildman–Crippen MR) is 111 cm³/mol. The van der Waals surface area contributed by atoms with Gasteiger partial charge in [-0.15, -0.1) is 0 Å². The molecule has 152 valence electrons. The SMILES string of the molecule is COCCN=C(NCCc1cccc(C(=O)N(C)C)c1)NCCc1ccco1. The average molecular weight is 386 g/mol. The van der Waals surface area contributed by atoms with Gasteiger partial charge in [-0.1, -0.05) is 12.1 Å². The summed E-state index contributed by atoms with van der Waals surface area (Å²) in [5, 5.41) is 6.65. The van der Waals surface area contributed by atoms with Gasteiger partial charge in [-0.2, -0.15) is 0 Å². The van der Waals surface area contributed by atoms with Crippen LogP contribution in [-0.4, -0.2) is 64.2 Å². The van der Waals surface area contributed by atoms with E-state index in [1.807, 2.05) is 36.4 Å². The Hall–Kier alpha value is -2.80. The summed E-state index contributed by atoms with van der Waals surface area (Å²) < 4.78 is 10.4. The van der Waals surface area contributed by atoms with Crippen LogP contribution in [0.1, 0.15) is 21.7 Å². The molecule has 0 radical (unpaired) electrons. The largest absolute Gasteiger partial charge is 0.469 e. The van der Waals surface area contributed by atoms with E-state index >= 15 is 0 Å². The number of nitrogens with zero attached hydrogens (tertiary/aromatic N) is 2. The van der Waals surface area contributed by atoms with Gasteiger partial charge in [-0.3, -0.25) is 9.79 Å². The van der Waals surface area contributed by atoms with Gasteiger partial charge in [0, 0.05) is 46.3 Å². The van der Waals surface area contributed by atoms with E-state index < -0.39 is 0 Å². The number of hydrogen-bond donors (Lipinski definition) is 2. The first kappa shape index (κ1) is 21.5. The second-order valence-electron chi connectivity index (χ2n) is 6.56. The molecule has 1 aromatic carbocycles. The molecule has 0 unspecified atom stereocenters. The smallest absolute Gasteiger partial charge is 0.253 e. The molecule has 0 saturated carbocycles. The fourth-order valence-corrected chi connectivity index (χ4v) is 2.63. The lowest BCUT2D eigenvalue weighted by Crippen LogP contribution is -2.39. The van der Waals surface area contributed by atoms with E-state index in [9.17, 15) is 4.79 Å². The van der Waals surface area contributed by atoms with Gasteiger partial charge < -0.3 is 24.7 Å². The van der Waals surface area contributed by atoms with E-state index in [0.29, 0.717) is 25.3 Å². The Morgan fingerprint density at radius 2 is 1.93 bits per heavy atom. The average Bonchev–Trinajstić information content (AvgIpc) is 3.21. The molecular weight excluding hydrogens is 356 g/mol. The Balaban J connectivity index is 1.85. The summed E-state index contributed by atoms with van der Waals surface area (Å²) in [6.45, 7) is 2.58. The van der Waals surface area contributed by atoms with Crippen LogP contribution in [-0.2, 0) is 17.6 Å². The number of rotatable bonds is 10. The number of furan rings is 1. The van der Waals surface area contributed by atoms with Crippen LogP contribution < -0.4 is 10.6 Å². The van der Waals surface area contributed by atoms with Gasteiger partial charge in [-0.05, 0) is 36.2 Å². The van der Waals surface area contributed by atoms with E-state index in [4.69, 9.17) is 9.15 Å². The highest BCUT2D eigenvalue weighted by molar-refractivity contribution is 5.94. The van der Waals surface area contributed by atoms with E-state index in [-0.39, 0.29) is 5.91 Å². The fourth-order valence-electron chi connectivity index (χ4n) is 2.63. The summed E-state index contributed by atoms with van der Waals surface area (Å²) in [5.41, 5.74) is 1.81. The highest BCUT2D eigenvalue weighted by atomic mass is 16.5. The minimum Gasteiger partial charge on any atom is -0.469 e. The van der Waals surface area contributed by atoms with Crippen LogP contribution in [0.25, 0.3) is 0 Å². The van der Waals surface area contributed by atoms with Crippen molar-refractivity contribution in [2.45, 2.75) is 12.8 Å². The maximum atomic E-state index is 12.1. The van der Waals surface area contributed by atoms with Crippen molar-refractivity contribution in [2.24, 2.45) is 4.99 Å². The molecule has 1 aromatic heterocycles. The minimum absolute atomic E-state index is 0.0104. The number of benzene rings is 1. The maximum absolute atomic E-state index is 12.1. The Kier molecular flexibility index (Phi) is 9.07. The molecule has 7 nitrogen and oxygen atoms in total. The molecule has 0 saturated heterocycles. The van der Waals surface area contributed by atoms with Crippen molar-refractivity contribution in [2.75, 3.05) is 47.4 Å². The van der Waals surface area contributed by atoms with Crippen molar-refractivity contribution in [1.82, 2.24) is 15.5 Å². The lowest BCUT2D eigenvalue weighted by molar-refractivity contribution is 0.0827. The molecule has 0 aliphatic carbocycles. The number of guanidine groups is 1. The summed E-state index contributed by atoms with van der Waals surface area (Å²) >= 11 is 0. The first-order valence-electron chi connectivity index (χ1n) is 9.44. The van der Waals surface area contributed by atoms with E-state index in [1.165, 1.54) is 0 Å². The number of nitrogens with one attached hydrogen (secondary N) is 2. The lowest BCUT2D eigenvalue weighted by Gasteiger charge is -2.13. The molecule has 1 heterocycles. The standard InChI is InChI=1S/C21H30N4O3/c1-25(2)20(26)18-7-4-6-17(16-18)9-11-22-21(24-13-15-27-3)23-12-10-19-8-5-14-28-19/h4-8,14,16H,9-13,15H2,1-3H3,(H2,22,23,24). The molecule has 0 aliphatic heterocycles. The first-order chi connectivity index (χ1) is 13.6. The van der Waals surface area contributed by atoms with Gasteiger partial charge in [-0.25, -0.2) is 0 Å². The van der Waals surface area contributed by atoms with Crippen molar-refractivity contribution in [3.8, 4) is 0 Å². The van der Waals surface area contributed by atoms with Crippen LogP contribution in [0.2, 0.25) is 0 Å².